The summed E-state index contributed by atoms with van der Waals surface area (Å²) in [6.45, 7) is 5.60. The number of nitrogens with zero attached hydrogens (tertiary/aromatic N) is 2. The monoisotopic (exact) mass is 458 g/mol. The molecule has 0 saturated carbocycles. The zero-order valence-corrected chi connectivity index (χ0v) is 19.8. The van der Waals surface area contributed by atoms with E-state index in [9.17, 15) is 18.0 Å². The standard InChI is InChI=1S/C24H30N2O5S/c1-17-8-14-22(15-9-17)32(29,30)25(4)21-12-10-20(11-13-21)24(28)31-16-23(27)26-18(2)6-5-7-19(26)3/h8-15,18-19H,5-7,16H2,1-4H3. The summed E-state index contributed by atoms with van der Waals surface area (Å²) in [7, 11) is -2.26. The fraction of sp³-hybridized carbons (Fsp3) is 0.417. The van der Waals surface area contributed by atoms with E-state index in [4.69, 9.17) is 4.74 Å². The van der Waals surface area contributed by atoms with Gasteiger partial charge in [0.2, 0.25) is 0 Å². The van der Waals surface area contributed by atoms with Crippen molar-refractivity contribution in [2.45, 2.75) is 57.0 Å². The molecule has 2 atom stereocenters. The highest BCUT2D eigenvalue weighted by Gasteiger charge is 2.29. The van der Waals surface area contributed by atoms with Gasteiger partial charge in [-0.1, -0.05) is 17.7 Å². The predicted octanol–water partition coefficient (Wildman–Crippen LogP) is 3.77. The van der Waals surface area contributed by atoms with E-state index in [0.717, 1.165) is 29.1 Å². The largest absolute Gasteiger partial charge is 0.452 e. The maximum atomic E-state index is 12.8. The molecule has 1 aliphatic heterocycles. The molecule has 1 heterocycles. The third kappa shape index (κ3) is 5.12. The topological polar surface area (TPSA) is 84.0 Å². The van der Waals surface area contributed by atoms with Crippen molar-refractivity contribution in [1.82, 2.24) is 4.90 Å². The molecule has 0 radical (unpaired) electrons. The van der Waals surface area contributed by atoms with E-state index in [0.29, 0.717) is 5.69 Å². The van der Waals surface area contributed by atoms with Gasteiger partial charge in [-0.05, 0) is 76.4 Å². The molecule has 172 valence electrons. The van der Waals surface area contributed by atoms with Crippen molar-refractivity contribution in [2.75, 3.05) is 18.0 Å². The van der Waals surface area contributed by atoms with Gasteiger partial charge < -0.3 is 9.64 Å². The lowest BCUT2D eigenvalue weighted by molar-refractivity contribution is -0.140. The number of aryl methyl sites for hydroxylation is 1. The third-order valence-electron chi connectivity index (χ3n) is 5.95. The average molecular weight is 459 g/mol. The molecule has 1 fully saturated rings. The van der Waals surface area contributed by atoms with Gasteiger partial charge in [-0.3, -0.25) is 9.10 Å². The van der Waals surface area contributed by atoms with E-state index in [1.54, 1.807) is 41.3 Å². The highest BCUT2D eigenvalue weighted by Crippen LogP contribution is 2.24. The summed E-state index contributed by atoms with van der Waals surface area (Å²) in [5.41, 5.74) is 1.63. The van der Waals surface area contributed by atoms with Gasteiger partial charge in [-0.15, -0.1) is 0 Å². The number of piperidine rings is 1. The van der Waals surface area contributed by atoms with Crippen molar-refractivity contribution in [3.63, 3.8) is 0 Å². The molecule has 0 N–H and O–H groups in total. The first-order valence-electron chi connectivity index (χ1n) is 10.7. The quantitative estimate of drug-likeness (QED) is 0.616. The zero-order valence-electron chi connectivity index (χ0n) is 18.9. The first-order valence-corrected chi connectivity index (χ1v) is 12.2. The molecule has 1 saturated heterocycles. The maximum Gasteiger partial charge on any atom is 0.338 e. The van der Waals surface area contributed by atoms with Gasteiger partial charge in [0.05, 0.1) is 16.1 Å². The molecule has 2 aromatic rings. The lowest BCUT2D eigenvalue weighted by Crippen LogP contribution is -2.49. The molecule has 0 aliphatic carbocycles. The summed E-state index contributed by atoms with van der Waals surface area (Å²) in [4.78, 5) is 26.9. The van der Waals surface area contributed by atoms with Crippen molar-refractivity contribution < 1.29 is 22.7 Å². The van der Waals surface area contributed by atoms with Crippen LogP contribution in [0.5, 0.6) is 0 Å². The summed E-state index contributed by atoms with van der Waals surface area (Å²) in [5.74, 6) is -0.815. The second-order valence-electron chi connectivity index (χ2n) is 8.34. The number of hydrogen-bond donors (Lipinski definition) is 0. The summed E-state index contributed by atoms with van der Waals surface area (Å²) in [6.07, 6.45) is 2.99. The number of likely N-dealkylation sites (tertiary alicyclic amines) is 1. The number of carbonyl (C=O) groups is 2. The molecule has 7 nitrogen and oxygen atoms in total. The molecule has 1 amide bonds. The van der Waals surface area contributed by atoms with Crippen LogP contribution in [0.1, 0.15) is 49.0 Å². The Labute approximate surface area is 190 Å². The van der Waals surface area contributed by atoms with E-state index >= 15 is 0 Å². The lowest BCUT2D eigenvalue weighted by atomic mass is 9.97. The third-order valence-corrected chi connectivity index (χ3v) is 7.75. The van der Waals surface area contributed by atoms with E-state index in [1.807, 2.05) is 20.8 Å². The Balaban J connectivity index is 1.64. The Kier molecular flexibility index (Phi) is 7.23. The normalized spacial score (nSPS) is 18.8. The molecule has 0 spiro atoms. The number of ether oxygens (including phenoxy) is 1. The summed E-state index contributed by atoms with van der Waals surface area (Å²) >= 11 is 0. The van der Waals surface area contributed by atoms with Crippen molar-refractivity contribution in [3.05, 3.63) is 59.7 Å². The Morgan fingerprint density at radius 2 is 1.56 bits per heavy atom. The van der Waals surface area contributed by atoms with Gasteiger partial charge in [-0.2, -0.15) is 0 Å². The average Bonchev–Trinajstić information content (AvgIpc) is 2.77. The second kappa shape index (κ2) is 9.73. The minimum Gasteiger partial charge on any atom is -0.452 e. The molecular weight excluding hydrogens is 428 g/mol. The maximum absolute atomic E-state index is 12.8. The van der Waals surface area contributed by atoms with E-state index < -0.39 is 16.0 Å². The summed E-state index contributed by atoms with van der Waals surface area (Å²) in [6, 6.07) is 13.0. The minimum absolute atomic E-state index is 0.134. The number of hydrogen-bond acceptors (Lipinski definition) is 5. The first-order chi connectivity index (χ1) is 15.1. The van der Waals surface area contributed by atoms with Crippen LogP contribution in [0.3, 0.4) is 0 Å². The van der Waals surface area contributed by atoms with E-state index in [-0.39, 0.29) is 35.1 Å². The van der Waals surface area contributed by atoms with Crippen LogP contribution in [0.25, 0.3) is 0 Å². The fourth-order valence-electron chi connectivity index (χ4n) is 4.01. The van der Waals surface area contributed by atoms with Gasteiger partial charge in [0, 0.05) is 19.1 Å². The number of carbonyl (C=O) groups excluding carboxylic acids is 2. The molecule has 1 aliphatic rings. The zero-order chi connectivity index (χ0) is 23.5. The van der Waals surface area contributed by atoms with Crippen LogP contribution < -0.4 is 4.31 Å². The Bertz CT molecular complexity index is 1050. The summed E-state index contributed by atoms with van der Waals surface area (Å²) in [5, 5.41) is 0. The van der Waals surface area contributed by atoms with Crippen molar-refractivity contribution >= 4 is 27.6 Å². The van der Waals surface area contributed by atoms with Crippen molar-refractivity contribution in [1.29, 1.82) is 0 Å². The predicted molar refractivity (Wildman–Crippen MR) is 123 cm³/mol. The van der Waals surface area contributed by atoms with Crippen LogP contribution >= 0.6 is 0 Å². The van der Waals surface area contributed by atoms with Gasteiger partial charge in [0.15, 0.2) is 6.61 Å². The van der Waals surface area contributed by atoms with Crippen LogP contribution in [0.4, 0.5) is 5.69 Å². The number of rotatable bonds is 6. The number of sulfonamides is 1. The molecule has 0 aromatic heterocycles. The van der Waals surface area contributed by atoms with Crippen LogP contribution in [-0.4, -0.2) is 50.9 Å². The smallest absolute Gasteiger partial charge is 0.338 e. The Morgan fingerprint density at radius 3 is 2.12 bits per heavy atom. The molecule has 32 heavy (non-hydrogen) atoms. The molecule has 8 heteroatoms. The lowest BCUT2D eigenvalue weighted by Gasteiger charge is -2.38. The molecular formula is C24H30N2O5S. The highest BCUT2D eigenvalue weighted by atomic mass is 32.2. The Hall–Kier alpha value is -2.87. The van der Waals surface area contributed by atoms with Crippen LogP contribution in [-0.2, 0) is 19.6 Å². The Morgan fingerprint density at radius 1 is 1.00 bits per heavy atom. The van der Waals surface area contributed by atoms with Gasteiger partial charge in [0.1, 0.15) is 0 Å². The molecule has 2 aromatic carbocycles. The van der Waals surface area contributed by atoms with Crippen LogP contribution in [0, 0.1) is 6.92 Å². The molecule has 3 rings (SSSR count). The second-order valence-corrected chi connectivity index (χ2v) is 10.3. The van der Waals surface area contributed by atoms with E-state index in [2.05, 4.69) is 0 Å². The van der Waals surface area contributed by atoms with Gasteiger partial charge in [0.25, 0.3) is 15.9 Å². The SMILES string of the molecule is Cc1ccc(S(=O)(=O)N(C)c2ccc(C(=O)OCC(=O)N3C(C)CCCC3C)cc2)cc1. The first kappa shape index (κ1) is 23.8. The molecule has 2 unspecified atom stereocenters. The number of anilines is 1. The summed E-state index contributed by atoms with van der Waals surface area (Å²) < 4.78 is 32.1. The van der Waals surface area contributed by atoms with Gasteiger partial charge >= 0.3 is 5.97 Å². The minimum atomic E-state index is -3.72. The number of amides is 1. The molecule has 0 bridgehead atoms. The highest BCUT2D eigenvalue weighted by molar-refractivity contribution is 7.92. The fourth-order valence-corrected chi connectivity index (χ4v) is 5.21. The van der Waals surface area contributed by atoms with Crippen LogP contribution in [0.2, 0.25) is 0 Å². The van der Waals surface area contributed by atoms with Crippen molar-refractivity contribution in [2.24, 2.45) is 0 Å². The number of benzene rings is 2. The number of esters is 1. The van der Waals surface area contributed by atoms with Crippen molar-refractivity contribution in [3.8, 4) is 0 Å². The van der Waals surface area contributed by atoms with Gasteiger partial charge in [-0.25, -0.2) is 13.2 Å². The van der Waals surface area contributed by atoms with E-state index in [1.165, 1.54) is 19.2 Å². The van der Waals surface area contributed by atoms with Crippen LogP contribution in [0.15, 0.2) is 53.4 Å².